The number of methoxy groups -OCH3 is 1. The lowest BCUT2D eigenvalue weighted by Gasteiger charge is -2.11. The summed E-state index contributed by atoms with van der Waals surface area (Å²) in [6.45, 7) is 0.196. The van der Waals surface area contributed by atoms with Crippen LogP contribution in [0.5, 0.6) is 11.5 Å². The second kappa shape index (κ2) is 5.50. The summed E-state index contributed by atoms with van der Waals surface area (Å²) >= 11 is 0. The van der Waals surface area contributed by atoms with Gasteiger partial charge in [-0.25, -0.2) is 4.98 Å². The molecule has 6 nitrogen and oxygen atoms in total. The zero-order chi connectivity index (χ0) is 13.0. The fourth-order valence-corrected chi connectivity index (χ4v) is 1.54. The Bertz CT molecular complexity index is 525. The molecule has 2 aromatic rings. The first-order chi connectivity index (χ1) is 8.74. The van der Waals surface area contributed by atoms with Gasteiger partial charge in [-0.15, -0.1) is 0 Å². The largest absolute Gasteiger partial charge is 0.497 e. The molecule has 1 aromatic carbocycles. The second-order valence-corrected chi connectivity index (χ2v) is 3.72. The van der Waals surface area contributed by atoms with Gasteiger partial charge in [0.1, 0.15) is 24.4 Å². The van der Waals surface area contributed by atoms with Gasteiger partial charge in [-0.2, -0.15) is 5.10 Å². The zero-order valence-electron chi connectivity index (χ0n) is 10.3. The minimum atomic E-state index is -0.106. The third kappa shape index (κ3) is 2.60. The van der Waals surface area contributed by atoms with Crippen LogP contribution in [0.2, 0.25) is 0 Å². The zero-order valence-corrected chi connectivity index (χ0v) is 10.3. The highest BCUT2D eigenvalue weighted by molar-refractivity contribution is 5.39. The van der Waals surface area contributed by atoms with Crippen LogP contribution in [-0.4, -0.2) is 27.0 Å². The van der Waals surface area contributed by atoms with Crippen LogP contribution in [-0.2, 0) is 20.3 Å². The second-order valence-electron chi connectivity index (χ2n) is 3.72. The number of hydrogen-bond acceptors (Lipinski definition) is 5. The van der Waals surface area contributed by atoms with E-state index in [0.717, 1.165) is 5.82 Å². The van der Waals surface area contributed by atoms with Crippen LogP contribution in [0.1, 0.15) is 11.4 Å². The van der Waals surface area contributed by atoms with Crippen molar-refractivity contribution in [3.8, 4) is 11.5 Å². The van der Waals surface area contributed by atoms with Crippen molar-refractivity contribution in [3.63, 3.8) is 0 Å². The molecule has 96 valence electrons. The van der Waals surface area contributed by atoms with Crippen LogP contribution in [0, 0.1) is 0 Å². The Hall–Kier alpha value is -2.08. The minimum Gasteiger partial charge on any atom is -0.497 e. The summed E-state index contributed by atoms with van der Waals surface area (Å²) in [5.74, 6) is 2.01. The standard InChI is InChI=1S/C12H15N3O3/c1-15-12(13-8-14-15)7-18-11-4-3-10(17-2)5-9(11)6-16/h3-5,8,16H,6-7H2,1-2H3. The lowest BCUT2D eigenvalue weighted by atomic mass is 10.2. The fraction of sp³-hybridized carbons (Fsp3) is 0.333. The van der Waals surface area contributed by atoms with Crippen LogP contribution in [0.3, 0.4) is 0 Å². The number of benzene rings is 1. The molecule has 0 aliphatic heterocycles. The molecular formula is C12H15N3O3. The van der Waals surface area contributed by atoms with Crippen molar-refractivity contribution >= 4 is 0 Å². The number of ether oxygens (including phenoxy) is 2. The number of aryl methyl sites for hydroxylation is 1. The molecule has 0 aliphatic rings. The van der Waals surface area contributed by atoms with E-state index in [1.54, 1.807) is 37.0 Å². The Balaban J connectivity index is 2.11. The van der Waals surface area contributed by atoms with Gasteiger partial charge >= 0.3 is 0 Å². The van der Waals surface area contributed by atoms with Crippen molar-refractivity contribution in [3.05, 3.63) is 35.9 Å². The van der Waals surface area contributed by atoms with Crippen LogP contribution in [0.15, 0.2) is 24.5 Å². The van der Waals surface area contributed by atoms with Gasteiger partial charge < -0.3 is 14.6 Å². The first-order valence-corrected chi connectivity index (χ1v) is 5.48. The van der Waals surface area contributed by atoms with E-state index in [0.29, 0.717) is 23.7 Å². The molecule has 1 N–H and O–H groups in total. The van der Waals surface area contributed by atoms with E-state index in [1.165, 1.54) is 6.33 Å². The fourth-order valence-electron chi connectivity index (χ4n) is 1.54. The quantitative estimate of drug-likeness (QED) is 0.852. The molecule has 1 aromatic heterocycles. The van der Waals surface area contributed by atoms with E-state index in [1.807, 2.05) is 0 Å². The smallest absolute Gasteiger partial charge is 0.164 e. The number of rotatable bonds is 5. The molecule has 0 saturated carbocycles. The maximum atomic E-state index is 9.28. The third-order valence-electron chi connectivity index (χ3n) is 2.60. The predicted octanol–water partition coefficient (Wildman–Crippen LogP) is 0.895. The number of aromatic nitrogens is 3. The van der Waals surface area contributed by atoms with Gasteiger partial charge in [-0.3, -0.25) is 4.68 Å². The van der Waals surface area contributed by atoms with Crippen molar-refractivity contribution in [2.45, 2.75) is 13.2 Å². The molecule has 0 aliphatic carbocycles. The summed E-state index contributed by atoms with van der Waals surface area (Å²) < 4.78 is 12.3. The molecule has 0 radical (unpaired) electrons. The molecule has 0 unspecified atom stereocenters. The lowest BCUT2D eigenvalue weighted by molar-refractivity contribution is 0.252. The van der Waals surface area contributed by atoms with E-state index in [9.17, 15) is 5.11 Å². The van der Waals surface area contributed by atoms with Gasteiger partial charge in [0.25, 0.3) is 0 Å². The van der Waals surface area contributed by atoms with Crippen LogP contribution >= 0.6 is 0 Å². The maximum Gasteiger partial charge on any atom is 0.164 e. The van der Waals surface area contributed by atoms with Crippen LogP contribution in [0.4, 0.5) is 0 Å². The third-order valence-corrected chi connectivity index (χ3v) is 2.60. The highest BCUT2D eigenvalue weighted by Crippen LogP contribution is 2.24. The predicted molar refractivity (Wildman–Crippen MR) is 64.3 cm³/mol. The number of nitrogens with zero attached hydrogens (tertiary/aromatic N) is 3. The highest BCUT2D eigenvalue weighted by Gasteiger charge is 2.07. The molecule has 1 heterocycles. The molecule has 0 atom stereocenters. The van der Waals surface area contributed by atoms with Crippen molar-refractivity contribution in [2.75, 3.05) is 7.11 Å². The molecule has 0 bridgehead atoms. The Labute approximate surface area is 105 Å². The molecule has 18 heavy (non-hydrogen) atoms. The monoisotopic (exact) mass is 249 g/mol. The summed E-state index contributed by atoms with van der Waals surface area (Å²) in [7, 11) is 3.38. The first kappa shape index (κ1) is 12.4. The minimum absolute atomic E-state index is 0.106. The normalized spacial score (nSPS) is 10.4. The number of hydrogen-bond donors (Lipinski definition) is 1. The average molecular weight is 249 g/mol. The van der Waals surface area contributed by atoms with E-state index in [4.69, 9.17) is 9.47 Å². The Morgan fingerprint density at radius 2 is 2.22 bits per heavy atom. The lowest BCUT2D eigenvalue weighted by Crippen LogP contribution is -2.05. The Kier molecular flexibility index (Phi) is 3.78. The van der Waals surface area contributed by atoms with E-state index in [-0.39, 0.29) is 6.61 Å². The first-order valence-electron chi connectivity index (χ1n) is 5.48. The van der Waals surface area contributed by atoms with Gasteiger partial charge in [-0.05, 0) is 18.2 Å². The molecule has 2 rings (SSSR count). The Morgan fingerprint density at radius 3 is 2.83 bits per heavy atom. The maximum absolute atomic E-state index is 9.28. The summed E-state index contributed by atoms with van der Waals surface area (Å²) in [5, 5.41) is 13.2. The van der Waals surface area contributed by atoms with Gasteiger partial charge in [0, 0.05) is 12.6 Å². The summed E-state index contributed by atoms with van der Waals surface area (Å²) in [6.07, 6.45) is 1.47. The molecule has 0 amide bonds. The van der Waals surface area contributed by atoms with Crippen molar-refractivity contribution < 1.29 is 14.6 Å². The Morgan fingerprint density at radius 1 is 1.39 bits per heavy atom. The number of aliphatic hydroxyl groups is 1. The molecular weight excluding hydrogens is 234 g/mol. The van der Waals surface area contributed by atoms with Gasteiger partial charge in [-0.1, -0.05) is 0 Å². The SMILES string of the molecule is COc1ccc(OCc2ncnn2C)c(CO)c1. The molecule has 0 spiro atoms. The van der Waals surface area contributed by atoms with Crippen molar-refractivity contribution in [2.24, 2.45) is 7.05 Å². The molecule has 0 fully saturated rings. The highest BCUT2D eigenvalue weighted by atomic mass is 16.5. The van der Waals surface area contributed by atoms with Crippen molar-refractivity contribution in [1.29, 1.82) is 0 Å². The number of aliphatic hydroxyl groups excluding tert-OH is 1. The summed E-state index contributed by atoms with van der Waals surface area (Å²) in [6, 6.07) is 5.29. The summed E-state index contributed by atoms with van der Waals surface area (Å²) in [5.41, 5.74) is 0.677. The summed E-state index contributed by atoms with van der Waals surface area (Å²) in [4.78, 5) is 4.06. The average Bonchev–Trinajstić information content (AvgIpc) is 2.81. The topological polar surface area (TPSA) is 69.4 Å². The van der Waals surface area contributed by atoms with Crippen LogP contribution < -0.4 is 9.47 Å². The van der Waals surface area contributed by atoms with E-state index < -0.39 is 0 Å². The van der Waals surface area contributed by atoms with Crippen molar-refractivity contribution in [1.82, 2.24) is 14.8 Å². The van der Waals surface area contributed by atoms with E-state index in [2.05, 4.69) is 10.1 Å². The van der Waals surface area contributed by atoms with Gasteiger partial charge in [0.15, 0.2) is 5.82 Å². The van der Waals surface area contributed by atoms with Gasteiger partial charge in [0.05, 0.1) is 13.7 Å². The van der Waals surface area contributed by atoms with Crippen LogP contribution in [0.25, 0.3) is 0 Å². The molecule has 0 saturated heterocycles. The van der Waals surface area contributed by atoms with E-state index >= 15 is 0 Å². The van der Waals surface area contributed by atoms with Gasteiger partial charge in [0.2, 0.25) is 0 Å². The molecule has 6 heteroatoms.